The number of aryl methyl sites for hydroxylation is 2. The van der Waals surface area contributed by atoms with Crippen molar-refractivity contribution < 1.29 is 0 Å². The first-order valence-electron chi connectivity index (χ1n) is 17.6. The van der Waals surface area contributed by atoms with Crippen molar-refractivity contribution in [2.24, 2.45) is 0 Å². The zero-order chi connectivity index (χ0) is 33.6. The van der Waals surface area contributed by atoms with Gasteiger partial charge in [-0.1, -0.05) is 159 Å². The molecule has 0 fully saturated rings. The summed E-state index contributed by atoms with van der Waals surface area (Å²) in [6, 6.07) is 56.9. The molecule has 7 aromatic carbocycles. The lowest BCUT2D eigenvalue weighted by atomic mass is 9.91. The summed E-state index contributed by atoms with van der Waals surface area (Å²) < 4.78 is 0. The van der Waals surface area contributed by atoms with Crippen LogP contribution in [0.3, 0.4) is 0 Å². The molecule has 9 aromatic rings. The summed E-state index contributed by atoms with van der Waals surface area (Å²) in [5.74, 6) is 0. The van der Waals surface area contributed by atoms with E-state index < -0.39 is 0 Å². The molecule has 9 rings (SSSR count). The molecule has 0 unspecified atom stereocenters. The maximum absolute atomic E-state index is 5.59. The summed E-state index contributed by atoms with van der Waals surface area (Å²) >= 11 is 0. The number of fused-ring (bicyclic) bond motifs is 5. The van der Waals surface area contributed by atoms with Gasteiger partial charge in [-0.3, -0.25) is 0 Å². The van der Waals surface area contributed by atoms with Crippen molar-refractivity contribution in [3.8, 4) is 44.8 Å². The van der Waals surface area contributed by atoms with Gasteiger partial charge in [-0.15, -0.1) is 0 Å². The van der Waals surface area contributed by atoms with Crippen LogP contribution in [0.5, 0.6) is 0 Å². The Balaban J connectivity index is 1.44. The van der Waals surface area contributed by atoms with Crippen molar-refractivity contribution in [3.05, 3.63) is 169 Å². The minimum absolute atomic E-state index is 0.916. The predicted molar refractivity (Wildman–Crippen MR) is 213 cm³/mol. The van der Waals surface area contributed by atoms with E-state index >= 15 is 0 Å². The van der Waals surface area contributed by atoms with Crippen molar-refractivity contribution in [2.75, 3.05) is 0 Å². The summed E-state index contributed by atoms with van der Waals surface area (Å²) in [6.45, 7) is 4.46. The van der Waals surface area contributed by atoms with Gasteiger partial charge in [0.1, 0.15) is 0 Å². The maximum atomic E-state index is 5.59. The third-order valence-corrected chi connectivity index (χ3v) is 10.2. The molecule has 0 saturated carbocycles. The van der Waals surface area contributed by atoms with Gasteiger partial charge in [-0.25, -0.2) is 9.97 Å². The average molecular weight is 641 g/mol. The zero-order valence-corrected chi connectivity index (χ0v) is 28.3. The number of benzene rings is 7. The number of pyridine rings is 2. The van der Waals surface area contributed by atoms with Crippen LogP contribution in [0.25, 0.3) is 88.1 Å². The highest BCUT2D eigenvalue weighted by Crippen LogP contribution is 2.42. The van der Waals surface area contributed by atoms with Crippen LogP contribution in [-0.4, -0.2) is 9.97 Å². The second-order valence-electron chi connectivity index (χ2n) is 13.0. The van der Waals surface area contributed by atoms with Gasteiger partial charge in [-0.2, -0.15) is 0 Å². The number of nitrogens with zero attached hydrogens (tertiary/aromatic N) is 2. The monoisotopic (exact) mass is 640 g/mol. The number of aromatic nitrogens is 2. The summed E-state index contributed by atoms with van der Waals surface area (Å²) in [5, 5.41) is 7.20. The Bertz CT molecular complexity index is 2510. The fraction of sp³-hybridized carbons (Fsp3) is 0.0833. The lowest BCUT2D eigenvalue weighted by Crippen LogP contribution is -1.97. The SMILES string of the molecule is CCc1cccc2cccc(-c3cc(-c4ccccc4)c4ccc5c(-c6ccccc6)cc(-c6cccc7cccc(CC)c67)nc5c4n3)c12. The van der Waals surface area contributed by atoms with Crippen molar-refractivity contribution >= 4 is 43.4 Å². The van der Waals surface area contributed by atoms with Crippen LogP contribution < -0.4 is 0 Å². The number of hydrogen-bond donors (Lipinski definition) is 0. The van der Waals surface area contributed by atoms with Crippen LogP contribution in [0.1, 0.15) is 25.0 Å². The molecule has 0 saturated heterocycles. The Hall–Kier alpha value is -6.12. The summed E-state index contributed by atoms with van der Waals surface area (Å²) in [4.78, 5) is 11.2. The molecule has 0 N–H and O–H groups in total. The van der Waals surface area contributed by atoms with Crippen molar-refractivity contribution in [2.45, 2.75) is 26.7 Å². The highest BCUT2D eigenvalue weighted by molar-refractivity contribution is 6.14. The summed E-state index contributed by atoms with van der Waals surface area (Å²) in [7, 11) is 0. The molecule has 0 radical (unpaired) electrons. The average Bonchev–Trinajstić information content (AvgIpc) is 3.19. The molecule has 0 aliphatic heterocycles. The topological polar surface area (TPSA) is 25.8 Å². The zero-order valence-electron chi connectivity index (χ0n) is 28.3. The standard InChI is InChI=1S/C48H36N2/c1-3-31-19-11-21-35-23-13-25-39(45(31)35)43-29-41(33-15-7-5-8-16-33)37-27-28-38-42(34-17-9-6-10-18-34)30-44(50-48(38)47(37)49-43)40-26-14-24-36-22-12-20-32(4-2)46(36)40/h5-30H,3-4H2,1-2H3. The molecule has 50 heavy (non-hydrogen) atoms. The molecule has 2 aromatic heterocycles. The molecule has 0 bridgehead atoms. The van der Waals surface area contributed by atoms with Gasteiger partial charge >= 0.3 is 0 Å². The van der Waals surface area contributed by atoms with Crippen LogP contribution in [-0.2, 0) is 12.8 Å². The normalized spacial score (nSPS) is 11.6. The van der Waals surface area contributed by atoms with Gasteiger partial charge in [-0.05, 0) is 79.9 Å². The van der Waals surface area contributed by atoms with E-state index in [0.717, 1.165) is 79.4 Å². The molecule has 2 heterocycles. The van der Waals surface area contributed by atoms with Gasteiger partial charge in [0.05, 0.1) is 22.4 Å². The van der Waals surface area contributed by atoms with Gasteiger partial charge in [0.25, 0.3) is 0 Å². The predicted octanol–water partition coefficient (Wildman–Crippen LogP) is 12.9. The Morgan fingerprint density at radius 1 is 0.380 bits per heavy atom. The molecule has 238 valence electrons. The van der Waals surface area contributed by atoms with Gasteiger partial charge < -0.3 is 0 Å². The van der Waals surface area contributed by atoms with Crippen LogP contribution in [0.2, 0.25) is 0 Å². The first kappa shape index (κ1) is 30.0. The van der Waals surface area contributed by atoms with E-state index in [2.05, 4.69) is 172 Å². The first-order chi connectivity index (χ1) is 24.7. The quantitative estimate of drug-likeness (QED) is 0.169. The van der Waals surface area contributed by atoms with Gasteiger partial charge in [0.15, 0.2) is 0 Å². The molecule has 0 aliphatic rings. The van der Waals surface area contributed by atoms with E-state index in [-0.39, 0.29) is 0 Å². The molecular weight excluding hydrogens is 605 g/mol. The lowest BCUT2D eigenvalue weighted by molar-refractivity contribution is 1.16. The van der Waals surface area contributed by atoms with Crippen LogP contribution in [0.4, 0.5) is 0 Å². The smallest absolute Gasteiger partial charge is 0.0978 e. The van der Waals surface area contributed by atoms with Gasteiger partial charge in [0.2, 0.25) is 0 Å². The Labute approximate surface area is 292 Å². The van der Waals surface area contributed by atoms with E-state index in [9.17, 15) is 0 Å². The van der Waals surface area contributed by atoms with Gasteiger partial charge in [0, 0.05) is 21.9 Å². The molecule has 2 nitrogen and oxygen atoms in total. The number of rotatable bonds is 6. The van der Waals surface area contributed by atoms with Crippen molar-refractivity contribution in [1.29, 1.82) is 0 Å². The largest absolute Gasteiger partial charge is 0.245 e. The fourth-order valence-electron chi connectivity index (χ4n) is 7.82. The molecule has 0 atom stereocenters. The minimum Gasteiger partial charge on any atom is -0.245 e. The minimum atomic E-state index is 0.916. The van der Waals surface area contributed by atoms with Crippen molar-refractivity contribution in [3.63, 3.8) is 0 Å². The van der Waals surface area contributed by atoms with E-state index in [4.69, 9.17) is 9.97 Å². The molecule has 0 amide bonds. The Morgan fingerprint density at radius 2 is 0.780 bits per heavy atom. The number of hydrogen-bond acceptors (Lipinski definition) is 2. The van der Waals surface area contributed by atoms with E-state index in [0.29, 0.717) is 0 Å². The highest BCUT2D eigenvalue weighted by Gasteiger charge is 2.19. The van der Waals surface area contributed by atoms with E-state index in [1.165, 1.54) is 32.7 Å². The first-order valence-corrected chi connectivity index (χ1v) is 17.6. The second-order valence-corrected chi connectivity index (χ2v) is 13.0. The third kappa shape index (κ3) is 4.95. The molecule has 2 heteroatoms. The Morgan fingerprint density at radius 3 is 1.18 bits per heavy atom. The maximum Gasteiger partial charge on any atom is 0.0978 e. The molecule has 0 aliphatic carbocycles. The third-order valence-electron chi connectivity index (χ3n) is 10.2. The molecular formula is C48H36N2. The lowest BCUT2D eigenvalue weighted by Gasteiger charge is -2.17. The molecule has 0 spiro atoms. The van der Waals surface area contributed by atoms with Crippen LogP contribution in [0, 0.1) is 0 Å². The fourth-order valence-corrected chi connectivity index (χ4v) is 7.82. The van der Waals surface area contributed by atoms with E-state index in [1.54, 1.807) is 0 Å². The Kier molecular flexibility index (Phi) is 7.43. The second kappa shape index (κ2) is 12.4. The highest BCUT2D eigenvalue weighted by atomic mass is 14.8. The van der Waals surface area contributed by atoms with Crippen LogP contribution in [0.15, 0.2) is 158 Å². The summed E-state index contributed by atoms with van der Waals surface area (Å²) in [6.07, 6.45) is 1.90. The van der Waals surface area contributed by atoms with Crippen molar-refractivity contribution in [1.82, 2.24) is 9.97 Å². The van der Waals surface area contributed by atoms with Crippen LogP contribution >= 0.6 is 0 Å². The summed E-state index contributed by atoms with van der Waals surface area (Å²) in [5.41, 5.74) is 13.4. The van der Waals surface area contributed by atoms with E-state index in [1.807, 2.05) is 0 Å².